The Morgan fingerprint density at radius 1 is 0.714 bits per heavy atom. The Labute approximate surface area is 295 Å². The van der Waals surface area contributed by atoms with Gasteiger partial charge in [-0.25, -0.2) is 4.79 Å². The number of thioether (sulfide) groups is 2. The van der Waals surface area contributed by atoms with Gasteiger partial charge in [-0.05, 0) is 54.0 Å². The van der Waals surface area contributed by atoms with Gasteiger partial charge in [0.25, 0.3) is 11.8 Å². The molecule has 0 bridgehead atoms. The lowest BCUT2D eigenvalue weighted by atomic mass is 10.0. The second-order valence-corrected chi connectivity index (χ2v) is 14.2. The van der Waals surface area contributed by atoms with Crippen molar-refractivity contribution in [1.82, 2.24) is 9.80 Å². The van der Waals surface area contributed by atoms with Crippen molar-refractivity contribution >= 4 is 74.3 Å². The lowest BCUT2D eigenvalue weighted by Gasteiger charge is -2.34. The van der Waals surface area contributed by atoms with Gasteiger partial charge < -0.3 is 14.5 Å². The SMILES string of the molecule is CCCCN1C(=O)/C(=C(\C=C2/Sc3ccc4ccccc4c3N2CC)/C=C2/Sc3ccc4ccccc4c3N2C)C(=O)N(CCOC)C1=O. The van der Waals surface area contributed by atoms with Crippen LogP contribution in [0.3, 0.4) is 0 Å². The first-order chi connectivity index (χ1) is 23.9. The molecule has 1 saturated heterocycles. The number of methoxy groups -OCH3 is 1. The topological polar surface area (TPSA) is 73.4 Å². The third-order valence-electron chi connectivity index (χ3n) is 9.16. The second-order valence-electron chi connectivity index (χ2n) is 12.1. The molecule has 0 spiro atoms. The van der Waals surface area contributed by atoms with E-state index in [9.17, 15) is 14.4 Å². The van der Waals surface area contributed by atoms with Crippen molar-refractivity contribution < 1.29 is 19.1 Å². The van der Waals surface area contributed by atoms with Crippen LogP contribution in [0.4, 0.5) is 16.2 Å². The van der Waals surface area contributed by atoms with Crippen LogP contribution in [0.2, 0.25) is 0 Å². The monoisotopic (exact) mass is 690 g/mol. The molecule has 3 aliphatic rings. The zero-order valence-corrected chi connectivity index (χ0v) is 29.7. The first-order valence-corrected chi connectivity index (χ1v) is 18.2. The Morgan fingerprint density at radius 3 is 1.92 bits per heavy atom. The number of allylic oxidation sites excluding steroid dienone is 3. The maximum absolute atomic E-state index is 14.3. The van der Waals surface area contributed by atoms with Gasteiger partial charge >= 0.3 is 6.03 Å². The standard InChI is InChI=1S/C39H38N4O4S2/c1-5-7-20-42-37(44)34(38(45)43(39(42)46)21-22-47-4)27(23-32-40(3)35-28-14-10-8-12-25(28)16-18-30(35)48-32)24-33-41(6-2)36-29-15-11-9-13-26(29)17-19-31(36)49-33/h8-19,23-24H,5-7,20-22H2,1-4H3/b32-23+,33-24-,34-27+. The van der Waals surface area contributed by atoms with Gasteiger partial charge in [-0.3, -0.25) is 19.4 Å². The zero-order valence-electron chi connectivity index (χ0n) is 28.1. The van der Waals surface area contributed by atoms with Crippen LogP contribution >= 0.6 is 23.5 Å². The van der Waals surface area contributed by atoms with E-state index >= 15 is 0 Å². The number of nitrogens with zero attached hydrogens (tertiary/aromatic N) is 4. The highest BCUT2D eigenvalue weighted by molar-refractivity contribution is 8.04. The molecule has 0 aromatic heterocycles. The molecule has 4 aromatic carbocycles. The third-order valence-corrected chi connectivity index (χ3v) is 11.4. The number of ether oxygens (including phenoxy) is 1. The summed E-state index contributed by atoms with van der Waals surface area (Å²) in [5, 5.41) is 6.34. The van der Waals surface area contributed by atoms with Gasteiger partial charge in [0.05, 0.1) is 34.6 Å². The quantitative estimate of drug-likeness (QED) is 0.128. The molecule has 4 amide bonds. The number of barbiturate groups is 1. The number of carbonyl (C=O) groups is 3. The number of amides is 4. The zero-order chi connectivity index (χ0) is 34.2. The molecule has 8 nitrogen and oxygen atoms in total. The summed E-state index contributed by atoms with van der Waals surface area (Å²) < 4.78 is 5.27. The van der Waals surface area contributed by atoms with Gasteiger partial charge in [0.2, 0.25) is 0 Å². The smallest absolute Gasteiger partial charge is 0.334 e. The number of fused-ring (bicyclic) bond motifs is 6. The van der Waals surface area contributed by atoms with Crippen LogP contribution in [0.25, 0.3) is 21.5 Å². The molecular weight excluding hydrogens is 653 g/mol. The van der Waals surface area contributed by atoms with Crippen LogP contribution in [0.1, 0.15) is 26.7 Å². The summed E-state index contributed by atoms with van der Waals surface area (Å²) in [4.78, 5) is 51.2. The second kappa shape index (κ2) is 13.8. The van der Waals surface area contributed by atoms with E-state index in [1.165, 1.54) is 12.0 Å². The van der Waals surface area contributed by atoms with Gasteiger partial charge in [-0.1, -0.05) is 97.5 Å². The van der Waals surface area contributed by atoms with Crippen LogP contribution < -0.4 is 9.80 Å². The van der Waals surface area contributed by atoms with E-state index in [0.29, 0.717) is 18.5 Å². The van der Waals surface area contributed by atoms with Crippen LogP contribution in [0.15, 0.2) is 116 Å². The highest BCUT2D eigenvalue weighted by atomic mass is 32.2. The van der Waals surface area contributed by atoms with E-state index in [-0.39, 0.29) is 25.3 Å². The predicted molar refractivity (Wildman–Crippen MR) is 200 cm³/mol. The predicted octanol–water partition coefficient (Wildman–Crippen LogP) is 8.38. The molecule has 1 fully saturated rings. The molecule has 0 saturated carbocycles. The van der Waals surface area contributed by atoms with E-state index in [2.05, 4.69) is 65.3 Å². The van der Waals surface area contributed by atoms with Gasteiger partial charge in [0.1, 0.15) is 5.57 Å². The molecule has 0 atom stereocenters. The van der Waals surface area contributed by atoms with E-state index in [1.807, 2.05) is 50.4 Å². The Hall–Kier alpha value is -4.51. The summed E-state index contributed by atoms with van der Waals surface area (Å²) in [5.74, 6) is -1.17. The minimum atomic E-state index is -0.605. The molecule has 0 aliphatic carbocycles. The molecular formula is C39H38N4O4S2. The highest BCUT2D eigenvalue weighted by Gasteiger charge is 2.43. The number of hydrogen-bond donors (Lipinski definition) is 0. The molecule has 0 N–H and O–H groups in total. The molecule has 7 rings (SSSR count). The lowest BCUT2D eigenvalue weighted by molar-refractivity contribution is -0.136. The normalized spacial score (nSPS) is 18.9. The number of hydrogen-bond acceptors (Lipinski definition) is 8. The summed E-state index contributed by atoms with van der Waals surface area (Å²) in [6.07, 6.45) is 5.33. The average molecular weight is 691 g/mol. The Kier molecular flexibility index (Phi) is 9.28. The van der Waals surface area contributed by atoms with Crippen LogP contribution in [0, 0.1) is 0 Å². The summed E-state index contributed by atoms with van der Waals surface area (Å²) in [5.41, 5.74) is 2.65. The Balaban J connectivity index is 1.42. The van der Waals surface area contributed by atoms with Crippen LogP contribution in [0.5, 0.6) is 0 Å². The number of benzene rings is 4. The van der Waals surface area contributed by atoms with Crippen LogP contribution in [-0.4, -0.2) is 68.0 Å². The van der Waals surface area contributed by atoms with E-state index in [1.54, 1.807) is 23.5 Å². The fraction of sp³-hybridized carbons (Fsp3) is 0.256. The van der Waals surface area contributed by atoms with Crippen molar-refractivity contribution in [3.05, 3.63) is 106 Å². The summed E-state index contributed by atoms with van der Waals surface area (Å²) in [7, 11) is 3.55. The fourth-order valence-corrected chi connectivity index (χ4v) is 8.96. The molecule has 3 heterocycles. The lowest BCUT2D eigenvalue weighted by Crippen LogP contribution is -2.57. The third kappa shape index (κ3) is 5.81. The van der Waals surface area contributed by atoms with Gasteiger partial charge in [0.15, 0.2) is 0 Å². The summed E-state index contributed by atoms with van der Waals surface area (Å²) in [6, 6.07) is 24.5. The van der Waals surface area contributed by atoms with E-state index < -0.39 is 17.8 Å². The van der Waals surface area contributed by atoms with Crippen molar-refractivity contribution in [2.45, 2.75) is 36.5 Å². The molecule has 250 valence electrons. The maximum atomic E-state index is 14.3. The average Bonchev–Trinajstić information content (AvgIpc) is 3.64. The first kappa shape index (κ1) is 33.0. The molecule has 4 aromatic rings. The molecule has 0 radical (unpaired) electrons. The number of urea groups is 1. The van der Waals surface area contributed by atoms with Gasteiger partial charge in [0, 0.05) is 47.8 Å². The van der Waals surface area contributed by atoms with Crippen molar-refractivity contribution in [1.29, 1.82) is 0 Å². The van der Waals surface area contributed by atoms with E-state index in [0.717, 1.165) is 64.1 Å². The molecule has 3 aliphatic heterocycles. The number of anilines is 2. The minimum absolute atomic E-state index is 0.0147. The highest BCUT2D eigenvalue weighted by Crippen LogP contribution is 2.51. The molecule has 10 heteroatoms. The number of imide groups is 2. The summed E-state index contributed by atoms with van der Waals surface area (Å²) >= 11 is 3.23. The maximum Gasteiger partial charge on any atom is 0.334 e. The fourth-order valence-electron chi connectivity index (χ4n) is 6.65. The van der Waals surface area contributed by atoms with E-state index in [4.69, 9.17) is 4.74 Å². The Bertz CT molecular complexity index is 2070. The van der Waals surface area contributed by atoms with Gasteiger partial charge in [-0.2, -0.15) is 0 Å². The number of unbranched alkanes of at least 4 members (excludes halogenated alkanes) is 1. The number of carbonyl (C=O) groups excluding carboxylic acids is 3. The van der Waals surface area contributed by atoms with Crippen molar-refractivity contribution in [2.24, 2.45) is 0 Å². The number of rotatable bonds is 9. The largest absolute Gasteiger partial charge is 0.383 e. The Morgan fingerprint density at radius 2 is 1.29 bits per heavy atom. The van der Waals surface area contributed by atoms with Crippen molar-refractivity contribution in [3.63, 3.8) is 0 Å². The van der Waals surface area contributed by atoms with Gasteiger partial charge in [-0.15, -0.1) is 0 Å². The summed E-state index contributed by atoms with van der Waals surface area (Å²) in [6.45, 7) is 5.25. The molecule has 49 heavy (non-hydrogen) atoms. The van der Waals surface area contributed by atoms with Crippen molar-refractivity contribution in [2.75, 3.05) is 50.2 Å². The molecule has 0 unspecified atom stereocenters. The van der Waals surface area contributed by atoms with Crippen LogP contribution in [-0.2, 0) is 14.3 Å². The van der Waals surface area contributed by atoms with Crippen molar-refractivity contribution in [3.8, 4) is 0 Å². The minimum Gasteiger partial charge on any atom is -0.383 e. The first-order valence-electron chi connectivity index (χ1n) is 16.6.